The predicted molar refractivity (Wildman–Crippen MR) is 112 cm³/mol. The number of rotatable bonds is 6. The Hall–Kier alpha value is -2.65. The van der Waals surface area contributed by atoms with E-state index in [0.717, 1.165) is 46.4 Å². The summed E-state index contributed by atoms with van der Waals surface area (Å²) < 4.78 is 5.88. The van der Waals surface area contributed by atoms with Crippen LogP contribution in [0.25, 0.3) is 11.6 Å². The quantitative estimate of drug-likeness (QED) is 0.725. The zero-order chi connectivity index (χ0) is 19.4. The van der Waals surface area contributed by atoms with Crippen molar-refractivity contribution in [1.82, 2.24) is 4.98 Å². The van der Waals surface area contributed by atoms with Gasteiger partial charge in [0, 0.05) is 6.20 Å². The fourth-order valence-corrected chi connectivity index (χ4v) is 3.55. The van der Waals surface area contributed by atoms with E-state index >= 15 is 0 Å². The van der Waals surface area contributed by atoms with Gasteiger partial charge in [-0.3, -0.25) is 4.98 Å². The maximum atomic E-state index is 10.0. The molecule has 0 radical (unpaired) electrons. The largest absolute Gasteiger partial charge is 0.507 e. The van der Waals surface area contributed by atoms with Gasteiger partial charge in [0.15, 0.2) is 0 Å². The second-order valence-corrected chi connectivity index (χ2v) is 7.19. The first-order valence-electron chi connectivity index (χ1n) is 9.35. The van der Waals surface area contributed by atoms with E-state index in [9.17, 15) is 5.11 Å². The monoisotopic (exact) mass is 361 g/mol. The highest BCUT2D eigenvalue weighted by Gasteiger charge is 2.21. The molecule has 0 aliphatic carbocycles. The Labute approximate surface area is 161 Å². The number of benzene rings is 1. The van der Waals surface area contributed by atoms with Gasteiger partial charge < -0.3 is 9.84 Å². The lowest BCUT2D eigenvalue weighted by Crippen LogP contribution is -2.11. The molecule has 1 aliphatic heterocycles. The molecule has 2 aromatic rings. The number of phenols is 1. The van der Waals surface area contributed by atoms with Gasteiger partial charge in [-0.2, -0.15) is 0 Å². The third kappa shape index (κ3) is 4.55. The zero-order valence-electron chi connectivity index (χ0n) is 16.3. The Bertz CT molecular complexity index is 871. The molecule has 0 fully saturated rings. The second-order valence-electron chi connectivity index (χ2n) is 7.19. The molecule has 1 aromatic heterocycles. The number of hydrogen-bond donors (Lipinski definition) is 1. The summed E-state index contributed by atoms with van der Waals surface area (Å²) in [6, 6.07) is 10.00. The maximum Gasteiger partial charge on any atom is 0.121 e. The number of allylic oxidation sites excluding steroid dienone is 1. The molecule has 3 nitrogen and oxygen atoms in total. The topological polar surface area (TPSA) is 42.4 Å². The van der Waals surface area contributed by atoms with Crippen LogP contribution in [0, 0.1) is 13.8 Å². The first-order valence-corrected chi connectivity index (χ1v) is 9.35. The van der Waals surface area contributed by atoms with Crippen LogP contribution in [-0.2, 0) is 4.74 Å². The van der Waals surface area contributed by atoms with Gasteiger partial charge in [0.25, 0.3) is 0 Å². The number of aromatic hydroxyl groups is 1. The van der Waals surface area contributed by atoms with Crippen LogP contribution in [0.4, 0.5) is 0 Å². The van der Waals surface area contributed by atoms with Crippen LogP contribution >= 0.6 is 0 Å². The zero-order valence-corrected chi connectivity index (χ0v) is 16.3. The average Bonchev–Trinajstić information content (AvgIpc) is 3.12. The highest BCUT2D eigenvalue weighted by molar-refractivity contribution is 5.80. The van der Waals surface area contributed by atoms with Crippen LogP contribution in [0.3, 0.4) is 0 Å². The number of hydrogen-bond acceptors (Lipinski definition) is 3. The van der Waals surface area contributed by atoms with E-state index in [1.165, 1.54) is 5.57 Å². The summed E-state index contributed by atoms with van der Waals surface area (Å²) in [5, 5.41) is 10.0. The van der Waals surface area contributed by atoms with Crippen molar-refractivity contribution in [3.8, 4) is 5.75 Å². The molecule has 2 heterocycles. The number of nitrogens with zero attached hydrogens (tertiary/aromatic N) is 1. The minimum Gasteiger partial charge on any atom is -0.507 e. The standard InChI is InChI=1S/C24H27NO2/c1-16(2)21-10-12-27-23(21)9-8-20(22-7-5-6-11-25-22)15-19-13-17(3)24(26)18(4)14-19/h5-7,10-11,13-15,23,26H,1,8-9,12H2,2-4H3/b20-15-. The molecular weight excluding hydrogens is 334 g/mol. The average molecular weight is 361 g/mol. The van der Waals surface area contributed by atoms with Crippen molar-refractivity contribution in [3.05, 3.63) is 82.7 Å². The van der Waals surface area contributed by atoms with Crippen molar-refractivity contribution in [2.45, 2.75) is 39.7 Å². The van der Waals surface area contributed by atoms with Gasteiger partial charge in [-0.15, -0.1) is 0 Å². The first-order chi connectivity index (χ1) is 13.0. The lowest BCUT2D eigenvalue weighted by atomic mass is 9.95. The van der Waals surface area contributed by atoms with Gasteiger partial charge in [-0.1, -0.05) is 24.3 Å². The van der Waals surface area contributed by atoms with E-state index in [4.69, 9.17) is 4.74 Å². The summed E-state index contributed by atoms with van der Waals surface area (Å²) in [6.45, 7) is 10.6. The minimum atomic E-state index is 0.0953. The van der Waals surface area contributed by atoms with Gasteiger partial charge in [0.1, 0.15) is 5.75 Å². The summed E-state index contributed by atoms with van der Waals surface area (Å²) in [4.78, 5) is 4.55. The van der Waals surface area contributed by atoms with Crippen molar-refractivity contribution in [2.24, 2.45) is 0 Å². The Kier molecular flexibility index (Phi) is 5.92. The van der Waals surface area contributed by atoms with E-state index in [1.54, 1.807) is 0 Å². The molecule has 1 atom stereocenters. The van der Waals surface area contributed by atoms with E-state index in [2.05, 4.69) is 23.7 Å². The van der Waals surface area contributed by atoms with Crippen molar-refractivity contribution in [2.75, 3.05) is 6.61 Å². The molecule has 1 aliphatic rings. The van der Waals surface area contributed by atoms with Crippen LogP contribution in [0.2, 0.25) is 0 Å². The van der Waals surface area contributed by atoms with E-state index < -0.39 is 0 Å². The van der Waals surface area contributed by atoms with Crippen molar-refractivity contribution < 1.29 is 9.84 Å². The molecule has 1 unspecified atom stereocenters. The van der Waals surface area contributed by atoms with E-state index in [-0.39, 0.29) is 6.10 Å². The van der Waals surface area contributed by atoms with Crippen molar-refractivity contribution in [3.63, 3.8) is 0 Å². The van der Waals surface area contributed by atoms with Gasteiger partial charge in [-0.25, -0.2) is 0 Å². The molecular formula is C24H27NO2. The third-order valence-corrected chi connectivity index (χ3v) is 4.96. The summed E-state index contributed by atoms with van der Waals surface area (Å²) in [5.74, 6) is 0.363. The molecule has 0 saturated carbocycles. The second kappa shape index (κ2) is 8.36. The molecule has 27 heavy (non-hydrogen) atoms. The fraction of sp³-hybridized carbons (Fsp3) is 0.292. The van der Waals surface area contributed by atoms with Crippen molar-refractivity contribution in [1.29, 1.82) is 0 Å². The van der Waals surface area contributed by atoms with Gasteiger partial charge in [-0.05, 0) is 91.8 Å². The van der Waals surface area contributed by atoms with Crippen LogP contribution in [0.1, 0.15) is 42.1 Å². The molecule has 1 aromatic carbocycles. The van der Waals surface area contributed by atoms with Gasteiger partial charge >= 0.3 is 0 Å². The van der Waals surface area contributed by atoms with Crippen molar-refractivity contribution >= 4 is 11.6 Å². The normalized spacial score (nSPS) is 17.1. The van der Waals surface area contributed by atoms with Crippen LogP contribution < -0.4 is 0 Å². The molecule has 140 valence electrons. The summed E-state index contributed by atoms with van der Waals surface area (Å²) >= 11 is 0. The molecule has 1 N–H and O–H groups in total. The number of phenolic OH excluding ortho intramolecular Hbond substituents is 1. The third-order valence-electron chi connectivity index (χ3n) is 4.96. The SMILES string of the molecule is C=C(C)C1=CCOC1CC/C(=C/c1cc(C)c(O)c(C)c1)c1ccccn1. The summed E-state index contributed by atoms with van der Waals surface area (Å²) in [6.07, 6.45) is 7.95. The number of aromatic nitrogens is 1. The predicted octanol–water partition coefficient (Wildman–Crippen LogP) is 5.63. The van der Waals surface area contributed by atoms with E-state index in [0.29, 0.717) is 12.4 Å². The molecule has 0 amide bonds. The molecule has 0 spiro atoms. The molecule has 0 saturated heterocycles. The van der Waals surface area contributed by atoms with Gasteiger partial charge in [0.05, 0.1) is 18.4 Å². The highest BCUT2D eigenvalue weighted by atomic mass is 16.5. The summed E-state index contributed by atoms with van der Waals surface area (Å²) in [5.41, 5.74) is 7.27. The molecule has 0 bridgehead atoms. The molecule has 3 heteroatoms. The maximum absolute atomic E-state index is 10.0. The minimum absolute atomic E-state index is 0.0953. The van der Waals surface area contributed by atoms with Crippen LogP contribution in [0.15, 0.2) is 60.3 Å². The lowest BCUT2D eigenvalue weighted by molar-refractivity contribution is 0.117. The Morgan fingerprint density at radius 1 is 1.30 bits per heavy atom. The van der Waals surface area contributed by atoms with Crippen LogP contribution in [0.5, 0.6) is 5.75 Å². The Balaban J connectivity index is 1.88. The fourth-order valence-electron chi connectivity index (χ4n) is 3.55. The molecule has 3 rings (SSSR count). The van der Waals surface area contributed by atoms with Crippen LogP contribution in [-0.4, -0.2) is 22.8 Å². The van der Waals surface area contributed by atoms with Gasteiger partial charge in [0.2, 0.25) is 0 Å². The first kappa shape index (κ1) is 19.1. The lowest BCUT2D eigenvalue weighted by Gasteiger charge is -2.16. The number of pyridine rings is 1. The number of ether oxygens (including phenoxy) is 1. The van der Waals surface area contributed by atoms with E-state index in [1.807, 2.05) is 57.3 Å². The number of aryl methyl sites for hydroxylation is 2. The Morgan fingerprint density at radius 2 is 2.04 bits per heavy atom. The Morgan fingerprint density at radius 3 is 2.67 bits per heavy atom. The highest BCUT2D eigenvalue weighted by Crippen LogP contribution is 2.30. The summed E-state index contributed by atoms with van der Waals surface area (Å²) in [7, 11) is 0. The smallest absolute Gasteiger partial charge is 0.121 e.